The summed E-state index contributed by atoms with van der Waals surface area (Å²) in [4.78, 5) is 0. The van der Waals surface area contributed by atoms with Crippen molar-refractivity contribution in [2.75, 3.05) is 6.61 Å². The summed E-state index contributed by atoms with van der Waals surface area (Å²) in [7, 11) is 0. The molecule has 1 rings (SSSR count). The molecule has 68 valence electrons. The van der Waals surface area contributed by atoms with E-state index in [1.165, 1.54) is 4.57 Å². The van der Waals surface area contributed by atoms with Crippen molar-refractivity contribution in [2.45, 2.75) is 20.4 Å². The maximum Gasteiger partial charge on any atom is 0.197 e. The molecule has 0 aliphatic rings. The summed E-state index contributed by atoms with van der Waals surface area (Å²) in [5, 5.41) is 27.5. The Morgan fingerprint density at radius 3 is 1.83 bits per heavy atom. The highest BCUT2D eigenvalue weighted by Gasteiger charge is 2.14. The average molecular weight is 171 g/mol. The van der Waals surface area contributed by atoms with Gasteiger partial charge in [0.2, 0.25) is 0 Å². The topological polar surface area (TPSA) is 65.6 Å². The van der Waals surface area contributed by atoms with Crippen molar-refractivity contribution >= 4 is 0 Å². The van der Waals surface area contributed by atoms with Gasteiger partial charge in [-0.25, -0.2) is 0 Å². The number of aromatic hydroxyl groups is 2. The number of aliphatic hydroxyl groups excluding tert-OH is 1. The first-order chi connectivity index (χ1) is 5.59. The second-order valence-corrected chi connectivity index (χ2v) is 2.77. The highest BCUT2D eigenvalue weighted by Crippen LogP contribution is 2.31. The Kier molecular flexibility index (Phi) is 2.28. The third kappa shape index (κ3) is 1.14. The van der Waals surface area contributed by atoms with Gasteiger partial charge in [-0.2, -0.15) is 0 Å². The van der Waals surface area contributed by atoms with E-state index in [0.717, 1.165) is 0 Å². The summed E-state index contributed by atoms with van der Waals surface area (Å²) in [6.07, 6.45) is 0. The van der Waals surface area contributed by atoms with Gasteiger partial charge in [0.05, 0.1) is 13.2 Å². The number of hydrogen-bond donors (Lipinski definition) is 3. The highest BCUT2D eigenvalue weighted by atomic mass is 16.3. The van der Waals surface area contributed by atoms with Crippen molar-refractivity contribution in [1.82, 2.24) is 4.57 Å². The van der Waals surface area contributed by atoms with Crippen LogP contribution in [-0.4, -0.2) is 26.5 Å². The smallest absolute Gasteiger partial charge is 0.197 e. The fourth-order valence-electron chi connectivity index (χ4n) is 1.15. The van der Waals surface area contributed by atoms with Gasteiger partial charge >= 0.3 is 0 Å². The molecule has 12 heavy (non-hydrogen) atoms. The van der Waals surface area contributed by atoms with Crippen molar-refractivity contribution in [3.05, 3.63) is 11.1 Å². The molecule has 0 unspecified atom stereocenters. The molecule has 0 aliphatic carbocycles. The predicted molar refractivity (Wildman–Crippen MR) is 44.3 cm³/mol. The summed E-state index contributed by atoms with van der Waals surface area (Å²) < 4.78 is 1.28. The lowest BCUT2D eigenvalue weighted by Gasteiger charge is -2.03. The molecule has 4 nitrogen and oxygen atoms in total. The molecule has 0 radical (unpaired) electrons. The second kappa shape index (κ2) is 3.06. The number of nitrogens with zero attached hydrogens (tertiary/aromatic N) is 1. The van der Waals surface area contributed by atoms with Gasteiger partial charge in [0.1, 0.15) is 0 Å². The van der Waals surface area contributed by atoms with Gasteiger partial charge in [-0.3, -0.25) is 4.57 Å². The van der Waals surface area contributed by atoms with E-state index >= 15 is 0 Å². The number of aliphatic hydroxyl groups is 1. The highest BCUT2D eigenvalue weighted by molar-refractivity contribution is 5.43. The van der Waals surface area contributed by atoms with E-state index in [1.807, 2.05) is 0 Å². The van der Waals surface area contributed by atoms with Crippen LogP contribution in [0.3, 0.4) is 0 Å². The van der Waals surface area contributed by atoms with Crippen molar-refractivity contribution < 1.29 is 15.3 Å². The van der Waals surface area contributed by atoms with E-state index in [-0.39, 0.29) is 24.9 Å². The molecule has 0 aromatic carbocycles. The predicted octanol–water partition coefficient (Wildman–Crippen LogP) is 0.508. The molecule has 0 atom stereocenters. The number of hydrogen-bond acceptors (Lipinski definition) is 3. The van der Waals surface area contributed by atoms with Crippen LogP contribution in [0.15, 0.2) is 0 Å². The van der Waals surface area contributed by atoms with Crippen LogP contribution in [0, 0.1) is 13.8 Å². The molecule has 3 N–H and O–H groups in total. The van der Waals surface area contributed by atoms with E-state index in [2.05, 4.69) is 0 Å². The number of rotatable bonds is 2. The first kappa shape index (κ1) is 8.93. The molecule has 0 amide bonds. The van der Waals surface area contributed by atoms with E-state index in [0.29, 0.717) is 11.1 Å². The van der Waals surface area contributed by atoms with E-state index in [1.54, 1.807) is 13.8 Å². The van der Waals surface area contributed by atoms with Gasteiger partial charge < -0.3 is 15.3 Å². The summed E-state index contributed by atoms with van der Waals surface area (Å²) >= 11 is 0. The first-order valence-corrected chi connectivity index (χ1v) is 3.78. The van der Waals surface area contributed by atoms with Crippen molar-refractivity contribution in [3.63, 3.8) is 0 Å². The fourth-order valence-corrected chi connectivity index (χ4v) is 1.15. The quantitative estimate of drug-likeness (QED) is 0.607. The Balaban J connectivity index is 3.18. The minimum atomic E-state index is -0.103. The van der Waals surface area contributed by atoms with Gasteiger partial charge in [-0.05, 0) is 13.8 Å². The van der Waals surface area contributed by atoms with Gasteiger partial charge in [-0.1, -0.05) is 0 Å². The molecular formula is C8H13NO3. The van der Waals surface area contributed by atoms with Gasteiger partial charge in [0.15, 0.2) is 11.8 Å². The van der Waals surface area contributed by atoms with Crippen molar-refractivity contribution in [1.29, 1.82) is 0 Å². The first-order valence-electron chi connectivity index (χ1n) is 3.78. The van der Waals surface area contributed by atoms with Crippen LogP contribution in [0.1, 0.15) is 11.1 Å². The van der Waals surface area contributed by atoms with E-state index in [9.17, 15) is 10.2 Å². The van der Waals surface area contributed by atoms with Gasteiger partial charge in [-0.15, -0.1) is 0 Å². The lowest BCUT2D eigenvalue weighted by Crippen LogP contribution is -2.00. The Hall–Kier alpha value is -1.16. The average Bonchev–Trinajstić information content (AvgIpc) is 2.23. The molecule has 1 heterocycles. The molecule has 1 aromatic heterocycles. The lowest BCUT2D eigenvalue weighted by atomic mass is 10.2. The Morgan fingerprint density at radius 2 is 1.50 bits per heavy atom. The Morgan fingerprint density at radius 1 is 1.08 bits per heavy atom. The van der Waals surface area contributed by atoms with E-state index < -0.39 is 0 Å². The van der Waals surface area contributed by atoms with Crippen LogP contribution < -0.4 is 0 Å². The molecule has 1 aromatic rings. The summed E-state index contributed by atoms with van der Waals surface area (Å²) in [5.41, 5.74) is 1.31. The van der Waals surface area contributed by atoms with Crippen molar-refractivity contribution in [3.8, 4) is 11.8 Å². The van der Waals surface area contributed by atoms with Crippen LogP contribution in [-0.2, 0) is 6.54 Å². The van der Waals surface area contributed by atoms with E-state index in [4.69, 9.17) is 5.11 Å². The third-order valence-corrected chi connectivity index (χ3v) is 2.07. The minimum absolute atomic E-state index is 0.0269. The second-order valence-electron chi connectivity index (χ2n) is 2.77. The van der Waals surface area contributed by atoms with Crippen molar-refractivity contribution in [2.24, 2.45) is 0 Å². The SMILES string of the molecule is Cc1c(C)c(O)n(CCO)c1O. The zero-order chi connectivity index (χ0) is 9.30. The fraction of sp³-hybridized carbons (Fsp3) is 0.500. The molecule has 0 saturated carbocycles. The monoisotopic (exact) mass is 171 g/mol. The zero-order valence-electron chi connectivity index (χ0n) is 7.20. The van der Waals surface area contributed by atoms with Crippen LogP contribution in [0.2, 0.25) is 0 Å². The normalized spacial score (nSPS) is 10.6. The van der Waals surface area contributed by atoms with Crippen LogP contribution in [0.5, 0.6) is 11.8 Å². The van der Waals surface area contributed by atoms with Crippen LogP contribution >= 0.6 is 0 Å². The lowest BCUT2D eigenvalue weighted by molar-refractivity contribution is 0.256. The zero-order valence-corrected chi connectivity index (χ0v) is 7.20. The molecule has 0 spiro atoms. The molecule has 0 bridgehead atoms. The molecule has 0 saturated heterocycles. The van der Waals surface area contributed by atoms with Gasteiger partial charge in [0.25, 0.3) is 0 Å². The molecule has 0 fully saturated rings. The number of aromatic nitrogens is 1. The van der Waals surface area contributed by atoms with Gasteiger partial charge in [0, 0.05) is 11.1 Å². The molecule has 4 heteroatoms. The Bertz CT molecular complexity index is 265. The molecule has 0 aliphatic heterocycles. The standard InChI is InChI=1S/C8H13NO3/c1-5-6(2)8(12)9(3-4-10)7(5)11/h10-12H,3-4H2,1-2H3. The Labute approximate surface area is 70.7 Å². The molecular weight excluding hydrogens is 158 g/mol. The van der Waals surface area contributed by atoms with Crippen LogP contribution in [0.4, 0.5) is 0 Å². The summed E-state index contributed by atoms with van der Waals surface area (Å²) in [6.45, 7) is 3.55. The third-order valence-electron chi connectivity index (χ3n) is 2.07. The largest absolute Gasteiger partial charge is 0.494 e. The summed E-state index contributed by atoms with van der Waals surface area (Å²) in [5.74, 6) is 0.0538. The maximum absolute atomic E-state index is 9.42. The maximum atomic E-state index is 9.42. The minimum Gasteiger partial charge on any atom is -0.494 e. The summed E-state index contributed by atoms with van der Waals surface area (Å²) in [6, 6.07) is 0. The van der Waals surface area contributed by atoms with Crippen LogP contribution in [0.25, 0.3) is 0 Å².